The summed E-state index contributed by atoms with van der Waals surface area (Å²) in [6.07, 6.45) is 6.09. The monoisotopic (exact) mass is 243 g/mol. The number of rotatable bonds is 1. The first-order valence-electron chi connectivity index (χ1n) is 7.15. The van der Waals surface area contributed by atoms with E-state index in [0.717, 1.165) is 38.8 Å². The Morgan fingerprint density at radius 1 is 0.889 bits per heavy atom. The molecule has 1 saturated carbocycles. The predicted molar refractivity (Wildman–Crippen MR) is 72.7 cm³/mol. The van der Waals surface area contributed by atoms with E-state index >= 15 is 0 Å². The van der Waals surface area contributed by atoms with Gasteiger partial charge in [-0.25, -0.2) is 0 Å². The summed E-state index contributed by atoms with van der Waals surface area (Å²) in [6, 6.07) is 9.48. The third-order valence-corrected chi connectivity index (χ3v) is 4.48. The highest BCUT2D eigenvalue weighted by Gasteiger charge is 2.25. The van der Waals surface area contributed by atoms with Crippen molar-refractivity contribution in [2.24, 2.45) is 0 Å². The SMILES string of the molecule is O=C1CCC(N2CCc3ccccc3CC2)CC1. The number of hydrogen-bond donors (Lipinski definition) is 0. The molecule has 0 aromatic heterocycles. The number of carbonyl (C=O) groups excluding carboxylic acids is 1. The Morgan fingerprint density at radius 3 is 2.00 bits per heavy atom. The lowest BCUT2D eigenvalue weighted by molar-refractivity contribution is -0.121. The standard InChI is InChI=1S/C16H21NO/c18-16-7-5-15(6-8-16)17-11-9-13-3-1-2-4-14(13)10-12-17/h1-4,15H,5-12H2. The summed E-state index contributed by atoms with van der Waals surface area (Å²) in [6.45, 7) is 2.33. The van der Waals surface area contributed by atoms with E-state index < -0.39 is 0 Å². The highest BCUT2D eigenvalue weighted by Crippen LogP contribution is 2.24. The maximum atomic E-state index is 11.3. The number of hydrogen-bond acceptors (Lipinski definition) is 2. The van der Waals surface area contributed by atoms with Crippen LogP contribution in [0.15, 0.2) is 24.3 Å². The van der Waals surface area contributed by atoms with Crippen LogP contribution in [0.3, 0.4) is 0 Å². The molecular weight excluding hydrogens is 222 g/mol. The molecule has 2 aliphatic rings. The lowest BCUT2D eigenvalue weighted by Gasteiger charge is -2.32. The zero-order valence-corrected chi connectivity index (χ0v) is 10.9. The summed E-state index contributed by atoms with van der Waals surface area (Å²) < 4.78 is 0. The van der Waals surface area contributed by atoms with Crippen molar-refractivity contribution < 1.29 is 4.79 Å². The average Bonchev–Trinajstić information content (AvgIpc) is 2.62. The van der Waals surface area contributed by atoms with Crippen LogP contribution >= 0.6 is 0 Å². The van der Waals surface area contributed by atoms with Gasteiger partial charge in [-0.3, -0.25) is 9.69 Å². The Hall–Kier alpha value is -1.15. The smallest absolute Gasteiger partial charge is 0.133 e. The van der Waals surface area contributed by atoms with Gasteiger partial charge in [0.1, 0.15) is 5.78 Å². The van der Waals surface area contributed by atoms with E-state index in [4.69, 9.17) is 0 Å². The van der Waals surface area contributed by atoms with Gasteiger partial charge in [-0.05, 0) is 36.8 Å². The molecule has 18 heavy (non-hydrogen) atoms. The second-order valence-electron chi connectivity index (χ2n) is 5.57. The van der Waals surface area contributed by atoms with Gasteiger partial charge in [0.25, 0.3) is 0 Å². The molecule has 2 nitrogen and oxygen atoms in total. The van der Waals surface area contributed by atoms with E-state index in [0.29, 0.717) is 11.8 Å². The van der Waals surface area contributed by atoms with Crippen molar-refractivity contribution >= 4 is 5.78 Å². The second kappa shape index (κ2) is 5.23. The van der Waals surface area contributed by atoms with Crippen molar-refractivity contribution in [3.63, 3.8) is 0 Å². The summed E-state index contributed by atoms with van der Waals surface area (Å²) in [5.41, 5.74) is 3.04. The van der Waals surface area contributed by atoms with E-state index in [2.05, 4.69) is 29.2 Å². The minimum Gasteiger partial charge on any atom is -0.300 e. The molecule has 0 saturated heterocycles. The molecule has 2 heteroatoms. The van der Waals surface area contributed by atoms with Gasteiger partial charge in [0, 0.05) is 32.0 Å². The molecule has 0 atom stereocenters. The van der Waals surface area contributed by atoms with Crippen LogP contribution in [0, 0.1) is 0 Å². The molecule has 0 amide bonds. The molecule has 0 bridgehead atoms. The van der Waals surface area contributed by atoms with E-state index in [1.54, 1.807) is 0 Å². The highest BCUT2D eigenvalue weighted by atomic mass is 16.1. The van der Waals surface area contributed by atoms with Gasteiger partial charge < -0.3 is 0 Å². The van der Waals surface area contributed by atoms with Crippen molar-refractivity contribution in [3.05, 3.63) is 35.4 Å². The molecular formula is C16H21NO. The van der Waals surface area contributed by atoms with E-state index in [-0.39, 0.29) is 0 Å². The molecule has 96 valence electrons. The van der Waals surface area contributed by atoms with Gasteiger partial charge >= 0.3 is 0 Å². The Bertz CT molecular complexity index is 403. The molecule has 1 fully saturated rings. The zero-order valence-electron chi connectivity index (χ0n) is 10.9. The average molecular weight is 243 g/mol. The van der Waals surface area contributed by atoms with Gasteiger partial charge in [-0.15, -0.1) is 0 Å². The molecule has 0 radical (unpaired) electrons. The fraction of sp³-hybridized carbons (Fsp3) is 0.562. The first-order chi connectivity index (χ1) is 8.83. The van der Waals surface area contributed by atoms with Crippen molar-refractivity contribution in [1.82, 2.24) is 4.90 Å². The molecule has 1 aromatic carbocycles. The Labute approximate surface area is 109 Å². The van der Waals surface area contributed by atoms with Crippen molar-refractivity contribution in [2.45, 2.75) is 44.6 Å². The van der Waals surface area contributed by atoms with Crippen LogP contribution in [0.4, 0.5) is 0 Å². The number of nitrogens with zero attached hydrogens (tertiary/aromatic N) is 1. The summed E-state index contributed by atoms with van der Waals surface area (Å²) in [5, 5.41) is 0. The molecule has 0 spiro atoms. The summed E-state index contributed by atoms with van der Waals surface area (Å²) >= 11 is 0. The topological polar surface area (TPSA) is 20.3 Å². The first kappa shape index (κ1) is 11.9. The van der Waals surface area contributed by atoms with E-state index in [1.807, 2.05) is 0 Å². The van der Waals surface area contributed by atoms with Crippen LogP contribution in [-0.2, 0) is 17.6 Å². The van der Waals surface area contributed by atoms with Crippen LogP contribution in [-0.4, -0.2) is 29.8 Å². The summed E-state index contributed by atoms with van der Waals surface area (Å²) in [5.74, 6) is 0.462. The lowest BCUT2D eigenvalue weighted by Crippen LogP contribution is -2.39. The van der Waals surface area contributed by atoms with Gasteiger partial charge in [0.05, 0.1) is 0 Å². The van der Waals surface area contributed by atoms with Gasteiger partial charge in [0.2, 0.25) is 0 Å². The maximum Gasteiger partial charge on any atom is 0.133 e. The largest absolute Gasteiger partial charge is 0.300 e. The molecule has 0 N–H and O–H groups in total. The third kappa shape index (κ3) is 2.49. The minimum atomic E-state index is 0.462. The van der Waals surface area contributed by atoms with Crippen LogP contribution in [0.1, 0.15) is 36.8 Å². The zero-order chi connectivity index (χ0) is 12.4. The van der Waals surface area contributed by atoms with Crippen LogP contribution in [0.2, 0.25) is 0 Å². The number of benzene rings is 1. The van der Waals surface area contributed by atoms with Crippen LogP contribution in [0.25, 0.3) is 0 Å². The fourth-order valence-corrected chi connectivity index (χ4v) is 3.34. The molecule has 1 aliphatic carbocycles. The maximum absolute atomic E-state index is 11.3. The number of ketones is 1. The second-order valence-corrected chi connectivity index (χ2v) is 5.57. The summed E-state index contributed by atoms with van der Waals surface area (Å²) in [4.78, 5) is 13.9. The van der Waals surface area contributed by atoms with E-state index in [1.165, 1.54) is 24.0 Å². The van der Waals surface area contributed by atoms with Gasteiger partial charge in [0.15, 0.2) is 0 Å². The Kier molecular flexibility index (Phi) is 3.46. The normalized spacial score (nSPS) is 22.6. The van der Waals surface area contributed by atoms with Crippen molar-refractivity contribution in [1.29, 1.82) is 0 Å². The number of carbonyl (C=O) groups is 1. The molecule has 1 aromatic rings. The van der Waals surface area contributed by atoms with Crippen molar-refractivity contribution in [3.8, 4) is 0 Å². The number of fused-ring (bicyclic) bond motifs is 1. The third-order valence-electron chi connectivity index (χ3n) is 4.48. The molecule has 1 aliphatic heterocycles. The summed E-state index contributed by atoms with van der Waals surface area (Å²) in [7, 11) is 0. The van der Waals surface area contributed by atoms with E-state index in [9.17, 15) is 4.79 Å². The first-order valence-corrected chi connectivity index (χ1v) is 7.15. The number of Topliss-reactive ketones (excluding diaryl/α,β-unsaturated/α-hetero) is 1. The Balaban J connectivity index is 1.66. The van der Waals surface area contributed by atoms with Crippen LogP contribution in [0.5, 0.6) is 0 Å². The predicted octanol–water partition coefficient (Wildman–Crippen LogP) is 2.60. The van der Waals surface area contributed by atoms with Crippen molar-refractivity contribution in [2.75, 3.05) is 13.1 Å². The fourth-order valence-electron chi connectivity index (χ4n) is 3.34. The molecule has 3 rings (SSSR count). The van der Waals surface area contributed by atoms with Gasteiger partial charge in [-0.1, -0.05) is 24.3 Å². The van der Waals surface area contributed by atoms with Crippen LogP contribution < -0.4 is 0 Å². The molecule has 0 unspecified atom stereocenters. The molecule has 1 heterocycles. The Morgan fingerprint density at radius 2 is 1.44 bits per heavy atom. The quantitative estimate of drug-likeness (QED) is 0.755. The highest BCUT2D eigenvalue weighted by molar-refractivity contribution is 5.79. The van der Waals surface area contributed by atoms with Gasteiger partial charge in [-0.2, -0.15) is 0 Å². The lowest BCUT2D eigenvalue weighted by atomic mass is 9.93. The minimum absolute atomic E-state index is 0.462.